The Bertz CT molecular complexity index is 408. The molecule has 0 aliphatic carbocycles. The Balaban J connectivity index is 1.77. The molecule has 4 heteroatoms. The van der Waals surface area contributed by atoms with E-state index in [2.05, 4.69) is 11.8 Å². The number of carbonyl (C=O) groups excluding carboxylic acids is 1. The second-order valence-electron chi connectivity index (χ2n) is 5.26. The number of ether oxygens (including phenoxy) is 1. The van der Waals surface area contributed by atoms with Crippen molar-refractivity contribution in [3.8, 4) is 0 Å². The number of nitrogens with two attached hydrogens (primary N) is 1. The van der Waals surface area contributed by atoms with Gasteiger partial charge in [0.05, 0.1) is 6.54 Å². The smallest absolute Gasteiger partial charge is 0.320 e. The zero-order chi connectivity index (χ0) is 13.7. The highest BCUT2D eigenvalue weighted by molar-refractivity contribution is 5.71. The largest absolute Gasteiger partial charge is 0.460 e. The molecule has 0 saturated carbocycles. The topological polar surface area (TPSA) is 55.6 Å². The van der Waals surface area contributed by atoms with Crippen LogP contribution in [-0.2, 0) is 16.1 Å². The lowest BCUT2D eigenvalue weighted by atomic mass is 10.0. The zero-order valence-corrected chi connectivity index (χ0v) is 11.4. The number of nitrogens with zero attached hydrogens (tertiary/aromatic N) is 1. The molecule has 1 aliphatic heterocycles. The van der Waals surface area contributed by atoms with Crippen molar-refractivity contribution >= 4 is 5.97 Å². The van der Waals surface area contributed by atoms with E-state index in [1.807, 2.05) is 30.3 Å². The summed E-state index contributed by atoms with van der Waals surface area (Å²) in [4.78, 5) is 13.9. The standard InChI is InChI=1S/C15H22N2O2/c1-12-7-8-14(16)9-17(12)10-15(18)19-11-13-5-3-2-4-6-13/h2-6,12,14H,7-11,16H2,1H3/t12-,14-/m1/s1. The lowest BCUT2D eigenvalue weighted by Crippen LogP contribution is -2.49. The van der Waals surface area contributed by atoms with Gasteiger partial charge < -0.3 is 10.5 Å². The fourth-order valence-corrected chi connectivity index (χ4v) is 2.38. The third kappa shape index (κ3) is 4.33. The predicted molar refractivity (Wildman–Crippen MR) is 74.5 cm³/mol. The average molecular weight is 262 g/mol. The van der Waals surface area contributed by atoms with E-state index in [0.29, 0.717) is 19.2 Å². The normalized spacial score (nSPS) is 24.1. The number of rotatable bonds is 4. The molecule has 0 unspecified atom stereocenters. The lowest BCUT2D eigenvalue weighted by molar-refractivity contribution is -0.147. The number of hydrogen-bond acceptors (Lipinski definition) is 4. The number of esters is 1. The second-order valence-corrected chi connectivity index (χ2v) is 5.26. The van der Waals surface area contributed by atoms with Gasteiger partial charge in [-0.2, -0.15) is 0 Å². The molecule has 2 N–H and O–H groups in total. The molecule has 1 saturated heterocycles. The molecule has 19 heavy (non-hydrogen) atoms. The monoisotopic (exact) mass is 262 g/mol. The molecule has 1 heterocycles. The maximum absolute atomic E-state index is 11.8. The van der Waals surface area contributed by atoms with Gasteiger partial charge in [-0.1, -0.05) is 30.3 Å². The van der Waals surface area contributed by atoms with Crippen LogP contribution in [-0.4, -0.2) is 36.0 Å². The van der Waals surface area contributed by atoms with Crippen LogP contribution in [0.3, 0.4) is 0 Å². The second kappa shape index (κ2) is 6.68. The summed E-state index contributed by atoms with van der Waals surface area (Å²) in [5.74, 6) is -0.176. The van der Waals surface area contributed by atoms with E-state index >= 15 is 0 Å². The summed E-state index contributed by atoms with van der Waals surface area (Å²) in [5.41, 5.74) is 6.95. The molecule has 0 spiro atoms. The molecule has 1 aliphatic rings. The Morgan fingerprint density at radius 1 is 1.37 bits per heavy atom. The van der Waals surface area contributed by atoms with Gasteiger partial charge in [0.15, 0.2) is 0 Å². The van der Waals surface area contributed by atoms with Crippen molar-refractivity contribution in [3.63, 3.8) is 0 Å². The third-order valence-corrected chi connectivity index (χ3v) is 3.62. The first-order valence-electron chi connectivity index (χ1n) is 6.84. The molecule has 1 fully saturated rings. The van der Waals surface area contributed by atoms with E-state index in [0.717, 1.165) is 24.9 Å². The number of benzene rings is 1. The van der Waals surface area contributed by atoms with Crippen LogP contribution in [0.2, 0.25) is 0 Å². The van der Waals surface area contributed by atoms with Gasteiger partial charge >= 0.3 is 5.97 Å². The van der Waals surface area contributed by atoms with Crippen molar-refractivity contribution in [3.05, 3.63) is 35.9 Å². The SMILES string of the molecule is C[C@@H]1CC[C@@H](N)CN1CC(=O)OCc1ccccc1. The maximum atomic E-state index is 11.8. The summed E-state index contributed by atoms with van der Waals surface area (Å²) < 4.78 is 5.29. The molecule has 2 atom stereocenters. The Hall–Kier alpha value is -1.39. The highest BCUT2D eigenvalue weighted by Crippen LogP contribution is 2.15. The first-order chi connectivity index (χ1) is 9.15. The van der Waals surface area contributed by atoms with Gasteiger partial charge in [0.2, 0.25) is 0 Å². The van der Waals surface area contributed by atoms with E-state index in [-0.39, 0.29) is 12.0 Å². The molecule has 4 nitrogen and oxygen atoms in total. The van der Waals surface area contributed by atoms with Crippen LogP contribution in [0.25, 0.3) is 0 Å². The van der Waals surface area contributed by atoms with Crippen LogP contribution in [0, 0.1) is 0 Å². The van der Waals surface area contributed by atoms with Gasteiger partial charge in [0, 0.05) is 18.6 Å². The van der Waals surface area contributed by atoms with Crippen LogP contribution in [0.4, 0.5) is 0 Å². The molecule has 2 rings (SSSR count). The number of likely N-dealkylation sites (tertiary alicyclic amines) is 1. The van der Waals surface area contributed by atoms with Crippen LogP contribution in [0.5, 0.6) is 0 Å². The van der Waals surface area contributed by atoms with Crippen molar-refractivity contribution in [2.45, 2.75) is 38.5 Å². The van der Waals surface area contributed by atoms with Crippen molar-refractivity contribution in [2.75, 3.05) is 13.1 Å². The van der Waals surface area contributed by atoms with E-state index < -0.39 is 0 Å². The molecule has 1 aromatic carbocycles. The van der Waals surface area contributed by atoms with Crippen molar-refractivity contribution < 1.29 is 9.53 Å². The number of hydrogen-bond donors (Lipinski definition) is 1. The van der Waals surface area contributed by atoms with E-state index in [1.54, 1.807) is 0 Å². The summed E-state index contributed by atoms with van der Waals surface area (Å²) in [6.45, 7) is 3.59. The zero-order valence-electron chi connectivity index (χ0n) is 11.4. The van der Waals surface area contributed by atoms with E-state index in [1.165, 1.54) is 0 Å². The molecule has 0 bridgehead atoms. The van der Waals surface area contributed by atoms with E-state index in [9.17, 15) is 4.79 Å². The Morgan fingerprint density at radius 3 is 2.84 bits per heavy atom. The minimum absolute atomic E-state index is 0.176. The molecule has 1 aromatic rings. The van der Waals surface area contributed by atoms with Gasteiger partial charge in [-0.15, -0.1) is 0 Å². The van der Waals surface area contributed by atoms with Gasteiger partial charge in [-0.3, -0.25) is 9.69 Å². The van der Waals surface area contributed by atoms with Crippen LogP contribution < -0.4 is 5.73 Å². The van der Waals surface area contributed by atoms with Gasteiger partial charge in [-0.25, -0.2) is 0 Å². The minimum Gasteiger partial charge on any atom is -0.460 e. The predicted octanol–water partition coefficient (Wildman–Crippen LogP) is 1.54. The Morgan fingerprint density at radius 2 is 2.11 bits per heavy atom. The highest BCUT2D eigenvalue weighted by atomic mass is 16.5. The highest BCUT2D eigenvalue weighted by Gasteiger charge is 2.25. The first-order valence-corrected chi connectivity index (χ1v) is 6.84. The molecular formula is C15H22N2O2. The van der Waals surface area contributed by atoms with Crippen molar-refractivity contribution in [2.24, 2.45) is 5.73 Å². The Kier molecular flexibility index (Phi) is 4.93. The van der Waals surface area contributed by atoms with Crippen molar-refractivity contribution in [1.82, 2.24) is 4.90 Å². The molecular weight excluding hydrogens is 240 g/mol. The van der Waals surface area contributed by atoms with Gasteiger partial charge in [0.25, 0.3) is 0 Å². The summed E-state index contributed by atoms with van der Waals surface area (Å²) in [6.07, 6.45) is 2.09. The van der Waals surface area contributed by atoms with Crippen LogP contribution >= 0.6 is 0 Å². The fourth-order valence-electron chi connectivity index (χ4n) is 2.38. The maximum Gasteiger partial charge on any atom is 0.320 e. The minimum atomic E-state index is -0.176. The molecule has 0 aromatic heterocycles. The third-order valence-electron chi connectivity index (χ3n) is 3.62. The molecule has 0 radical (unpaired) electrons. The molecule has 0 amide bonds. The average Bonchev–Trinajstić information content (AvgIpc) is 2.42. The van der Waals surface area contributed by atoms with E-state index in [4.69, 9.17) is 10.5 Å². The summed E-state index contributed by atoms with van der Waals surface area (Å²) in [5, 5.41) is 0. The van der Waals surface area contributed by atoms with Gasteiger partial charge in [-0.05, 0) is 25.3 Å². The van der Waals surface area contributed by atoms with Crippen molar-refractivity contribution in [1.29, 1.82) is 0 Å². The Labute approximate surface area is 114 Å². The number of carbonyl (C=O) groups is 1. The quantitative estimate of drug-likeness (QED) is 0.836. The van der Waals surface area contributed by atoms with Gasteiger partial charge in [0.1, 0.15) is 6.61 Å². The summed E-state index contributed by atoms with van der Waals surface area (Å²) >= 11 is 0. The van der Waals surface area contributed by atoms with Crippen LogP contribution in [0.15, 0.2) is 30.3 Å². The summed E-state index contributed by atoms with van der Waals surface area (Å²) in [7, 11) is 0. The fraction of sp³-hybridized carbons (Fsp3) is 0.533. The van der Waals surface area contributed by atoms with Crippen LogP contribution in [0.1, 0.15) is 25.3 Å². The number of piperidine rings is 1. The molecule has 104 valence electrons. The first kappa shape index (κ1) is 14.0. The lowest BCUT2D eigenvalue weighted by Gasteiger charge is -2.35. The summed E-state index contributed by atoms with van der Waals surface area (Å²) in [6, 6.07) is 10.3.